The molecule has 2 heterocycles. The van der Waals surface area contributed by atoms with Crippen molar-refractivity contribution in [1.29, 1.82) is 0 Å². The van der Waals surface area contributed by atoms with E-state index >= 15 is 0 Å². The van der Waals surface area contributed by atoms with Crippen molar-refractivity contribution in [3.05, 3.63) is 36.2 Å². The van der Waals surface area contributed by atoms with E-state index in [1.807, 2.05) is 0 Å². The highest BCUT2D eigenvalue weighted by Crippen LogP contribution is 2.28. The molecular weight excluding hydrogens is 326 g/mol. The molecule has 0 aliphatic rings. The number of nitrogens with two attached hydrogens (primary N) is 1. The zero-order valence-electron chi connectivity index (χ0n) is 11.3. The van der Waals surface area contributed by atoms with Crippen LogP contribution in [0, 0.1) is 0 Å². The van der Waals surface area contributed by atoms with Crippen molar-refractivity contribution in [2.24, 2.45) is 12.2 Å². The summed E-state index contributed by atoms with van der Waals surface area (Å²) < 4.78 is 24.8. The highest BCUT2D eigenvalue weighted by Gasteiger charge is 2.14. The zero-order valence-corrected chi connectivity index (χ0v) is 13.0. The molecule has 0 aliphatic carbocycles. The Morgan fingerprint density at radius 3 is 2.77 bits per heavy atom. The van der Waals surface area contributed by atoms with Crippen molar-refractivity contribution in [2.45, 2.75) is 4.90 Å². The molecule has 0 saturated carbocycles. The number of fused-ring (bicyclic) bond motifs is 1. The Morgan fingerprint density at radius 1 is 1.36 bits per heavy atom. The number of sulfonamides is 1. The summed E-state index contributed by atoms with van der Waals surface area (Å²) in [4.78, 5) is 16.2. The average molecular weight is 337 g/mol. The van der Waals surface area contributed by atoms with Gasteiger partial charge in [0.25, 0.3) is 5.91 Å². The second-order valence-corrected chi connectivity index (χ2v) is 7.11. The molecule has 0 fully saturated rings. The van der Waals surface area contributed by atoms with Gasteiger partial charge in [0.1, 0.15) is 0 Å². The first kappa shape index (κ1) is 14.6. The number of rotatable bonds is 3. The number of carbonyl (C=O) groups excluding carboxylic acids is 1. The quantitative estimate of drug-likeness (QED) is 0.736. The Labute approximate surface area is 129 Å². The van der Waals surface area contributed by atoms with Crippen LogP contribution in [0.2, 0.25) is 0 Å². The molecule has 0 radical (unpaired) electrons. The van der Waals surface area contributed by atoms with E-state index in [2.05, 4.69) is 15.4 Å². The number of hydrogen-bond donors (Lipinski definition) is 2. The normalized spacial score (nSPS) is 11.7. The van der Waals surface area contributed by atoms with Crippen molar-refractivity contribution in [3.8, 4) is 0 Å². The summed E-state index contributed by atoms with van der Waals surface area (Å²) in [7, 11) is -2.06. The highest BCUT2D eigenvalue weighted by molar-refractivity contribution is 7.89. The number of amides is 1. The van der Waals surface area contributed by atoms with Gasteiger partial charge < -0.3 is 0 Å². The molecule has 3 rings (SSSR count). The topological polar surface area (TPSA) is 120 Å². The fourth-order valence-corrected chi connectivity index (χ4v) is 3.35. The van der Waals surface area contributed by atoms with Gasteiger partial charge in [-0.05, 0) is 24.3 Å². The van der Waals surface area contributed by atoms with E-state index in [1.54, 1.807) is 25.4 Å². The van der Waals surface area contributed by atoms with E-state index in [-0.39, 0.29) is 16.5 Å². The zero-order chi connectivity index (χ0) is 15.9. The Balaban J connectivity index is 1.90. The second kappa shape index (κ2) is 5.16. The van der Waals surface area contributed by atoms with E-state index in [0.29, 0.717) is 15.3 Å². The fourth-order valence-electron chi connectivity index (χ4n) is 1.83. The third-order valence-electron chi connectivity index (χ3n) is 2.86. The van der Waals surface area contributed by atoms with Gasteiger partial charge in [0, 0.05) is 13.2 Å². The average Bonchev–Trinajstić information content (AvgIpc) is 3.02. The summed E-state index contributed by atoms with van der Waals surface area (Å²) in [5.41, 5.74) is 0.848. The van der Waals surface area contributed by atoms with Gasteiger partial charge in [-0.25, -0.2) is 18.5 Å². The van der Waals surface area contributed by atoms with E-state index in [9.17, 15) is 13.2 Å². The minimum atomic E-state index is -3.77. The molecule has 0 saturated heterocycles. The molecule has 114 valence electrons. The van der Waals surface area contributed by atoms with Crippen LogP contribution in [-0.4, -0.2) is 29.1 Å². The molecule has 8 nitrogen and oxygen atoms in total. The first-order valence-corrected chi connectivity index (χ1v) is 8.43. The van der Waals surface area contributed by atoms with Crippen LogP contribution in [0.15, 0.2) is 35.4 Å². The molecule has 3 aromatic rings. The van der Waals surface area contributed by atoms with Gasteiger partial charge in [-0.2, -0.15) is 5.10 Å². The third kappa shape index (κ3) is 2.84. The van der Waals surface area contributed by atoms with Gasteiger partial charge in [0.05, 0.1) is 15.1 Å². The SMILES string of the molecule is Cn1ccc(C(=O)Nc2nc3ccc(S(N)(=O)=O)cc3s2)n1. The van der Waals surface area contributed by atoms with Gasteiger partial charge in [-0.15, -0.1) is 0 Å². The molecule has 1 amide bonds. The number of hydrogen-bond acceptors (Lipinski definition) is 6. The van der Waals surface area contributed by atoms with Gasteiger partial charge in [0.15, 0.2) is 10.8 Å². The van der Waals surface area contributed by atoms with E-state index < -0.39 is 10.0 Å². The van der Waals surface area contributed by atoms with Crippen LogP contribution < -0.4 is 10.5 Å². The molecular formula is C12H11N5O3S2. The molecule has 22 heavy (non-hydrogen) atoms. The van der Waals surface area contributed by atoms with Gasteiger partial charge in [-0.1, -0.05) is 11.3 Å². The lowest BCUT2D eigenvalue weighted by atomic mass is 10.3. The van der Waals surface area contributed by atoms with Crippen molar-refractivity contribution in [2.75, 3.05) is 5.32 Å². The van der Waals surface area contributed by atoms with Crippen LogP contribution >= 0.6 is 11.3 Å². The lowest BCUT2D eigenvalue weighted by Crippen LogP contribution is -2.12. The summed E-state index contributed by atoms with van der Waals surface area (Å²) in [5, 5.41) is 12.1. The minimum absolute atomic E-state index is 0.00579. The van der Waals surface area contributed by atoms with Crippen molar-refractivity contribution < 1.29 is 13.2 Å². The third-order valence-corrected chi connectivity index (χ3v) is 4.70. The lowest BCUT2D eigenvalue weighted by molar-refractivity contribution is 0.102. The Bertz CT molecular complexity index is 974. The molecule has 10 heteroatoms. The van der Waals surface area contributed by atoms with Crippen LogP contribution in [0.4, 0.5) is 5.13 Å². The van der Waals surface area contributed by atoms with E-state index in [4.69, 9.17) is 5.14 Å². The van der Waals surface area contributed by atoms with Crippen molar-refractivity contribution in [1.82, 2.24) is 14.8 Å². The number of aryl methyl sites for hydroxylation is 1. The maximum absolute atomic E-state index is 12.0. The standard InChI is InChI=1S/C12H11N5O3S2/c1-17-5-4-9(16-17)11(18)15-12-14-8-3-2-7(22(13,19)20)6-10(8)21-12/h2-6H,1H3,(H2,13,19,20)(H,14,15,18). The highest BCUT2D eigenvalue weighted by atomic mass is 32.2. The minimum Gasteiger partial charge on any atom is -0.296 e. The van der Waals surface area contributed by atoms with Crippen molar-refractivity contribution >= 4 is 42.6 Å². The number of anilines is 1. The van der Waals surface area contributed by atoms with E-state index in [0.717, 1.165) is 11.3 Å². The smallest absolute Gasteiger partial charge is 0.277 e. The molecule has 2 aromatic heterocycles. The summed E-state index contributed by atoms with van der Waals surface area (Å²) in [6.07, 6.45) is 1.66. The van der Waals surface area contributed by atoms with Crippen LogP contribution in [0.25, 0.3) is 10.2 Å². The number of thiazole rings is 1. The predicted molar refractivity (Wildman–Crippen MR) is 82.2 cm³/mol. The fraction of sp³-hybridized carbons (Fsp3) is 0.0833. The predicted octanol–water partition coefficient (Wildman–Crippen LogP) is 0.929. The van der Waals surface area contributed by atoms with Crippen LogP contribution in [-0.2, 0) is 17.1 Å². The molecule has 3 N–H and O–H groups in total. The number of nitrogens with one attached hydrogen (secondary N) is 1. The Kier molecular flexibility index (Phi) is 3.43. The molecule has 0 aliphatic heterocycles. The summed E-state index contributed by atoms with van der Waals surface area (Å²) in [6.45, 7) is 0. The molecule has 0 bridgehead atoms. The number of benzene rings is 1. The number of carbonyl (C=O) groups is 1. The number of aromatic nitrogens is 3. The molecule has 0 spiro atoms. The maximum Gasteiger partial charge on any atom is 0.277 e. The number of primary sulfonamides is 1. The summed E-state index contributed by atoms with van der Waals surface area (Å²) in [6, 6.07) is 5.93. The molecule has 0 unspecified atom stereocenters. The van der Waals surface area contributed by atoms with Gasteiger partial charge >= 0.3 is 0 Å². The Hall–Kier alpha value is -2.30. The molecule has 0 atom stereocenters. The van der Waals surface area contributed by atoms with Crippen LogP contribution in [0.5, 0.6) is 0 Å². The maximum atomic E-state index is 12.0. The Morgan fingerprint density at radius 2 is 2.14 bits per heavy atom. The van der Waals surface area contributed by atoms with E-state index in [1.165, 1.54) is 16.8 Å². The van der Waals surface area contributed by atoms with Gasteiger partial charge in [0.2, 0.25) is 10.0 Å². The first-order chi connectivity index (χ1) is 10.3. The lowest BCUT2D eigenvalue weighted by Gasteiger charge is -1.96. The second-order valence-electron chi connectivity index (χ2n) is 4.52. The number of nitrogens with zero attached hydrogens (tertiary/aromatic N) is 3. The van der Waals surface area contributed by atoms with Crippen molar-refractivity contribution in [3.63, 3.8) is 0 Å². The molecule has 1 aromatic carbocycles. The largest absolute Gasteiger partial charge is 0.296 e. The first-order valence-electron chi connectivity index (χ1n) is 6.07. The summed E-state index contributed by atoms with van der Waals surface area (Å²) >= 11 is 1.16. The van der Waals surface area contributed by atoms with Gasteiger partial charge in [-0.3, -0.25) is 14.8 Å². The van der Waals surface area contributed by atoms with Crippen LogP contribution in [0.1, 0.15) is 10.5 Å². The van der Waals surface area contributed by atoms with Crippen LogP contribution in [0.3, 0.4) is 0 Å². The monoisotopic (exact) mass is 337 g/mol. The summed E-state index contributed by atoms with van der Waals surface area (Å²) in [5.74, 6) is -0.383.